The Morgan fingerprint density at radius 1 is 1.11 bits per heavy atom. The number of amides is 1. The van der Waals surface area contributed by atoms with Crippen LogP contribution in [0.5, 0.6) is 0 Å². The molecule has 2 aromatic heterocycles. The number of benzene rings is 1. The van der Waals surface area contributed by atoms with E-state index in [1.807, 2.05) is 0 Å². The lowest BCUT2D eigenvalue weighted by molar-refractivity contribution is -0.141. The van der Waals surface area contributed by atoms with Crippen molar-refractivity contribution in [1.82, 2.24) is 24.6 Å². The van der Waals surface area contributed by atoms with Gasteiger partial charge in [0.25, 0.3) is 0 Å². The van der Waals surface area contributed by atoms with Crippen molar-refractivity contribution in [3.05, 3.63) is 72.2 Å². The van der Waals surface area contributed by atoms with E-state index in [9.17, 15) is 35.9 Å². The van der Waals surface area contributed by atoms with Crippen molar-refractivity contribution in [3.63, 3.8) is 0 Å². The molecule has 1 saturated heterocycles. The average Bonchev–Trinajstić information content (AvgIpc) is 3.34. The molecule has 1 fully saturated rings. The molecule has 9 nitrogen and oxygen atoms in total. The van der Waals surface area contributed by atoms with Gasteiger partial charge < -0.3 is 10.4 Å². The molecule has 2 N–H and O–H groups in total. The van der Waals surface area contributed by atoms with E-state index in [-0.39, 0.29) is 35.8 Å². The number of carbonyl (C=O) groups excluding carboxylic acids is 1. The van der Waals surface area contributed by atoms with Crippen LogP contribution in [0.3, 0.4) is 0 Å². The van der Waals surface area contributed by atoms with Crippen LogP contribution in [0.1, 0.15) is 24.2 Å². The summed E-state index contributed by atoms with van der Waals surface area (Å²) >= 11 is 0. The fraction of sp³-hybridized carbons (Fsp3) is 0.304. The van der Waals surface area contributed by atoms with Crippen LogP contribution in [0, 0.1) is 5.82 Å². The van der Waals surface area contributed by atoms with Crippen LogP contribution in [0.2, 0.25) is 0 Å². The van der Waals surface area contributed by atoms with E-state index in [0.717, 1.165) is 47.2 Å². The van der Waals surface area contributed by atoms with Gasteiger partial charge in [-0.05, 0) is 55.3 Å². The second-order valence-corrected chi connectivity index (χ2v) is 10.2. The highest BCUT2D eigenvalue weighted by Gasteiger charge is 2.52. The molecule has 14 heteroatoms. The van der Waals surface area contributed by atoms with Crippen molar-refractivity contribution in [2.75, 3.05) is 13.2 Å². The van der Waals surface area contributed by atoms with Gasteiger partial charge >= 0.3 is 6.18 Å². The summed E-state index contributed by atoms with van der Waals surface area (Å²) in [5.41, 5.74) is -1.98. The zero-order valence-electron chi connectivity index (χ0n) is 19.1. The summed E-state index contributed by atoms with van der Waals surface area (Å²) in [6.07, 6.45) is -2.03. The average molecular weight is 540 g/mol. The predicted octanol–water partition coefficient (Wildman–Crippen LogP) is 2.53. The van der Waals surface area contributed by atoms with Crippen molar-refractivity contribution in [1.29, 1.82) is 0 Å². The number of alkyl halides is 3. The van der Waals surface area contributed by atoms with Gasteiger partial charge in [-0.2, -0.15) is 17.5 Å². The highest BCUT2D eigenvalue weighted by Crippen LogP contribution is 2.35. The predicted molar refractivity (Wildman–Crippen MR) is 121 cm³/mol. The molecule has 3 aromatic rings. The smallest absolute Gasteiger partial charge is 0.394 e. The van der Waals surface area contributed by atoms with Crippen LogP contribution in [0.15, 0.2) is 59.9 Å². The Labute approximate surface area is 209 Å². The molecular formula is C23H21F4N5O4S. The topological polar surface area (TPSA) is 125 Å². The number of carbonyl (C=O) groups is 1. The highest BCUT2D eigenvalue weighted by atomic mass is 32.2. The first-order valence-electron chi connectivity index (χ1n) is 11.0. The number of nitrogens with zero attached hydrogens (tertiary/aromatic N) is 4. The van der Waals surface area contributed by atoms with E-state index in [2.05, 4.69) is 20.3 Å². The van der Waals surface area contributed by atoms with E-state index in [0.29, 0.717) is 12.0 Å². The molecule has 0 spiro atoms. The van der Waals surface area contributed by atoms with Crippen LogP contribution >= 0.6 is 0 Å². The lowest BCUT2D eigenvalue weighted by atomic mass is 9.97. The van der Waals surface area contributed by atoms with Crippen molar-refractivity contribution < 1.29 is 35.9 Å². The van der Waals surface area contributed by atoms with Crippen molar-refractivity contribution in [3.8, 4) is 11.3 Å². The van der Waals surface area contributed by atoms with Gasteiger partial charge in [0.2, 0.25) is 15.9 Å². The maximum atomic E-state index is 13.3. The van der Waals surface area contributed by atoms with Gasteiger partial charge in [-0.1, -0.05) is 0 Å². The molecule has 4 rings (SSSR count). The molecule has 1 aliphatic rings. The van der Waals surface area contributed by atoms with Gasteiger partial charge in [0.15, 0.2) is 0 Å². The van der Waals surface area contributed by atoms with Gasteiger partial charge in [-0.25, -0.2) is 22.8 Å². The molecule has 1 atom stereocenters. The molecule has 0 aliphatic carbocycles. The molecule has 1 unspecified atom stereocenters. The summed E-state index contributed by atoms with van der Waals surface area (Å²) in [4.78, 5) is 24.4. The Morgan fingerprint density at radius 2 is 1.84 bits per heavy atom. The third-order valence-electron chi connectivity index (χ3n) is 6.02. The van der Waals surface area contributed by atoms with Gasteiger partial charge in [0, 0.05) is 18.3 Å². The summed E-state index contributed by atoms with van der Waals surface area (Å²) in [5.74, 6) is -1.38. The summed E-state index contributed by atoms with van der Waals surface area (Å²) in [7, 11) is -4.23. The number of pyridine rings is 1. The Kier molecular flexibility index (Phi) is 7.26. The first-order valence-corrected chi connectivity index (χ1v) is 12.4. The number of aliphatic hydroxyl groups is 1. The monoisotopic (exact) mass is 539 g/mol. The van der Waals surface area contributed by atoms with Crippen LogP contribution in [-0.2, 0) is 27.5 Å². The maximum Gasteiger partial charge on any atom is 0.433 e. The standard InChI is InChI=1S/C23H21F4N5O4S/c24-16-3-5-18(6-4-16)37(35,36)32-9-1-8-22(32,13-33)21(34)29-12-17-10-19(31-14-30-17)15-2-7-20(28-11-15)23(25,26)27/h2-7,10-11,14,33H,1,8-9,12-13H2,(H,29,34). The second-order valence-electron chi connectivity index (χ2n) is 8.33. The SMILES string of the molecule is O=C(NCc1cc(-c2ccc(C(F)(F)F)nc2)ncn1)C1(CO)CCCN1S(=O)(=O)c1ccc(F)cc1. The second kappa shape index (κ2) is 10.1. The number of rotatable bonds is 7. The molecule has 0 saturated carbocycles. The van der Waals surface area contributed by atoms with Gasteiger partial charge in [-0.15, -0.1) is 0 Å². The van der Waals surface area contributed by atoms with E-state index in [1.165, 1.54) is 12.1 Å². The zero-order chi connectivity index (χ0) is 26.8. The molecule has 1 aromatic carbocycles. The molecule has 196 valence electrons. The van der Waals surface area contributed by atoms with Gasteiger partial charge in [0.05, 0.1) is 29.4 Å². The van der Waals surface area contributed by atoms with Crippen LogP contribution < -0.4 is 5.32 Å². The molecular weight excluding hydrogens is 518 g/mol. The van der Waals surface area contributed by atoms with Gasteiger partial charge in [-0.3, -0.25) is 9.78 Å². The minimum atomic E-state index is -4.58. The fourth-order valence-corrected chi connectivity index (χ4v) is 5.89. The summed E-state index contributed by atoms with van der Waals surface area (Å²) in [6, 6.07) is 7.62. The first kappa shape index (κ1) is 26.6. The third kappa shape index (κ3) is 5.31. The molecule has 1 amide bonds. The molecule has 37 heavy (non-hydrogen) atoms. The number of hydrogen-bond acceptors (Lipinski definition) is 7. The van der Waals surface area contributed by atoms with Crippen molar-refractivity contribution in [2.45, 2.75) is 36.0 Å². The minimum absolute atomic E-state index is 0.0216. The van der Waals surface area contributed by atoms with Crippen LogP contribution in [0.25, 0.3) is 11.3 Å². The largest absolute Gasteiger partial charge is 0.433 e. The number of halogens is 4. The minimum Gasteiger partial charge on any atom is -0.394 e. The normalized spacial score (nSPS) is 18.6. The first-order chi connectivity index (χ1) is 17.5. The van der Waals surface area contributed by atoms with E-state index >= 15 is 0 Å². The number of hydrogen-bond donors (Lipinski definition) is 2. The maximum absolute atomic E-state index is 13.3. The number of nitrogens with one attached hydrogen (secondary N) is 1. The number of aromatic nitrogens is 3. The molecule has 0 radical (unpaired) electrons. The molecule has 1 aliphatic heterocycles. The summed E-state index contributed by atoms with van der Waals surface area (Å²) < 4.78 is 78.9. The van der Waals surface area contributed by atoms with Gasteiger partial charge in [0.1, 0.15) is 23.4 Å². The van der Waals surface area contributed by atoms with Crippen LogP contribution in [-0.4, -0.2) is 57.4 Å². The Morgan fingerprint density at radius 3 is 2.46 bits per heavy atom. The van der Waals surface area contributed by atoms with Crippen molar-refractivity contribution >= 4 is 15.9 Å². The lowest BCUT2D eigenvalue weighted by Gasteiger charge is -2.34. The molecule has 0 bridgehead atoms. The third-order valence-corrected chi connectivity index (χ3v) is 8.00. The highest BCUT2D eigenvalue weighted by molar-refractivity contribution is 7.89. The van der Waals surface area contributed by atoms with E-state index in [1.54, 1.807) is 0 Å². The van der Waals surface area contributed by atoms with E-state index < -0.39 is 45.8 Å². The van der Waals surface area contributed by atoms with Crippen LogP contribution in [0.4, 0.5) is 17.6 Å². The van der Waals surface area contributed by atoms with Crippen molar-refractivity contribution in [2.24, 2.45) is 0 Å². The Bertz CT molecular complexity index is 1390. The lowest BCUT2D eigenvalue weighted by Crippen LogP contribution is -2.59. The number of aliphatic hydroxyl groups excluding tert-OH is 1. The zero-order valence-corrected chi connectivity index (χ0v) is 19.9. The fourth-order valence-electron chi connectivity index (χ4n) is 4.09. The molecule has 3 heterocycles. The number of sulfonamides is 1. The Hall–Kier alpha value is -3.49. The Balaban J connectivity index is 1.52. The quantitative estimate of drug-likeness (QED) is 0.442. The summed E-state index contributed by atoms with van der Waals surface area (Å²) in [5, 5.41) is 12.7. The van der Waals surface area contributed by atoms with E-state index in [4.69, 9.17) is 0 Å². The summed E-state index contributed by atoms with van der Waals surface area (Å²) in [6.45, 7) is -0.980.